The van der Waals surface area contributed by atoms with E-state index in [0.717, 1.165) is 31.8 Å². The van der Waals surface area contributed by atoms with Crippen molar-refractivity contribution >= 4 is 5.91 Å². The Balaban J connectivity index is 1.54. The van der Waals surface area contributed by atoms with Crippen LogP contribution in [-0.4, -0.2) is 34.1 Å². The minimum absolute atomic E-state index is 0.190. The number of carbonyl (C=O) groups is 1. The lowest BCUT2D eigenvalue weighted by atomic mass is 9.89. The van der Waals surface area contributed by atoms with Crippen LogP contribution in [0.3, 0.4) is 0 Å². The lowest BCUT2D eigenvalue weighted by Crippen LogP contribution is -2.42. The van der Waals surface area contributed by atoms with E-state index >= 15 is 0 Å². The Morgan fingerprint density at radius 3 is 2.43 bits per heavy atom. The molecule has 0 bridgehead atoms. The van der Waals surface area contributed by atoms with Crippen LogP contribution in [0.15, 0.2) is 4.42 Å². The Morgan fingerprint density at radius 1 is 1.19 bits per heavy atom. The van der Waals surface area contributed by atoms with E-state index in [1.54, 1.807) is 0 Å². The van der Waals surface area contributed by atoms with Crippen LogP contribution in [-0.2, 0) is 4.79 Å². The molecule has 1 aromatic heterocycles. The van der Waals surface area contributed by atoms with Gasteiger partial charge in [0.1, 0.15) is 0 Å². The molecule has 0 aromatic carbocycles. The van der Waals surface area contributed by atoms with Crippen molar-refractivity contribution in [3.63, 3.8) is 0 Å². The second-order valence-corrected chi connectivity index (χ2v) is 6.59. The monoisotopic (exact) mass is 291 g/mol. The molecule has 1 unspecified atom stereocenters. The van der Waals surface area contributed by atoms with Crippen molar-refractivity contribution < 1.29 is 9.21 Å². The van der Waals surface area contributed by atoms with E-state index in [1.165, 1.54) is 25.7 Å². The maximum Gasteiger partial charge on any atom is 0.225 e. The summed E-state index contributed by atoms with van der Waals surface area (Å²) in [5.41, 5.74) is 0. The summed E-state index contributed by atoms with van der Waals surface area (Å²) in [6, 6.07) is 0. The summed E-state index contributed by atoms with van der Waals surface area (Å²) in [6.07, 6.45) is 6.91. The third-order valence-electron chi connectivity index (χ3n) is 5.19. The summed E-state index contributed by atoms with van der Waals surface area (Å²) in [5, 5.41) is 8.02. The Hall–Kier alpha value is -1.39. The first kappa shape index (κ1) is 14.5. The van der Waals surface area contributed by atoms with Crippen molar-refractivity contribution in [2.24, 2.45) is 11.8 Å². The molecule has 1 saturated carbocycles. The molecule has 1 aromatic rings. The van der Waals surface area contributed by atoms with Gasteiger partial charge in [0, 0.05) is 31.8 Å². The van der Waals surface area contributed by atoms with Crippen LogP contribution < -0.4 is 0 Å². The fraction of sp³-hybridized carbons (Fsp3) is 0.812. The van der Waals surface area contributed by atoms with Crippen LogP contribution in [0.25, 0.3) is 0 Å². The molecule has 1 atom stereocenters. The third kappa shape index (κ3) is 3.11. The number of aryl methyl sites for hydroxylation is 1. The van der Waals surface area contributed by atoms with Crippen LogP contribution in [0.4, 0.5) is 0 Å². The number of piperidine rings is 1. The van der Waals surface area contributed by atoms with E-state index in [9.17, 15) is 4.79 Å². The maximum absolute atomic E-state index is 12.6. The van der Waals surface area contributed by atoms with Crippen molar-refractivity contribution in [3.05, 3.63) is 11.8 Å². The van der Waals surface area contributed by atoms with E-state index < -0.39 is 0 Å². The van der Waals surface area contributed by atoms with Crippen molar-refractivity contribution in [2.45, 2.75) is 58.3 Å². The molecule has 1 amide bonds. The van der Waals surface area contributed by atoms with E-state index in [0.29, 0.717) is 23.6 Å². The highest BCUT2D eigenvalue weighted by Gasteiger charge is 2.33. The van der Waals surface area contributed by atoms with Gasteiger partial charge in [0.15, 0.2) is 0 Å². The number of aromatic nitrogens is 2. The van der Waals surface area contributed by atoms with Crippen molar-refractivity contribution in [3.8, 4) is 0 Å². The third-order valence-corrected chi connectivity index (χ3v) is 5.19. The minimum Gasteiger partial charge on any atom is -0.425 e. The summed E-state index contributed by atoms with van der Waals surface area (Å²) in [5.74, 6) is 2.82. The molecule has 2 fully saturated rings. The average molecular weight is 291 g/mol. The molecule has 0 spiro atoms. The summed E-state index contributed by atoms with van der Waals surface area (Å²) in [7, 11) is 0. The number of hydrogen-bond donors (Lipinski definition) is 0. The number of amides is 1. The molecule has 2 aliphatic rings. The molecule has 5 heteroatoms. The lowest BCUT2D eigenvalue weighted by molar-refractivity contribution is -0.137. The Morgan fingerprint density at radius 2 is 1.86 bits per heavy atom. The Labute approximate surface area is 126 Å². The first-order valence-corrected chi connectivity index (χ1v) is 8.24. The average Bonchev–Trinajstić information content (AvgIpc) is 3.17. The fourth-order valence-corrected chi connectivity index (χ4v) is 3.77. The molecule has 1 saturated heterocycles. The predicted octanol–water partition coefficient (Wildman–Crippen LogP) is 2.91. The van der Waals surface area contributed by atoms with Crippen LogP contribution in [0.1, 0.15) is 63.1 Å². The predicted molar refractivity (Wildman–Crippen MR) is 78.7 cm³/mol. The van der Waals surface area contributed by atoms with Gasteiger partial charge in [-0.05, 0) is 31.6 Å². The standard InChI is InChI=1S/C16H25N3O2/c1-11(13-5-3-4-6-13)16(20)19-9-7-14(8-10-19)15-18-17-12(2)21-15/h11,13-14H,3-10H2,1-2H3. The normalized spacial score (nSPS) is 22.7. The summed E-state index contributed by atoms with van der Waals surface area (Å²) >= 11 is 0. The Kier molecular flexibility index (Phi) is 4.27. The topological polar surface area (TPSA) is 59.2 Å². The van der Waals surface area contributed by atoms with Gasteiger partial charge in [-0.15, -0.1) is 10.2 Å². The molecular weight excluding hydrogens is 266 g/mol. The number of carbonyl (C=O) groups excluding carboxylic acids is 1. The minimum atomic E-state index is 0.190. The number of rotatable bonds is 3. The molecule has 5 nitrogen and oxygen atoms in total. The van der Waals surface area contributed by atoms with Crippen LogP contribution >= 0.6 is 0 Å². The molecule has 21 heavy (non-hydrogen) atoms. The van der Waals surface area contributed by atoms with Gasteiger partial charge in [-0.3, -0.25) is 4.79 Å². The fourth-order valence-electron chi connectivity index (χ4n) is 3.77. The second-order valence-electron chi connectivity index (χ2n) is 6.59. The van der Waals surface area contributed by atoms with Gasteiger partial charge in [-0.1, -0.05) is 19.8 Å². The maximum atomic E-state index is 12.6. The van der Waals surface area contributed by atoms with Crippen molar-refractivity contribution in [1.82, 2.24) is 15.1 Å². The van der Waals surface area contributed by atoms with Gasteiger partial charge in [0.05, 0.1) is 0 Å². The van der Waals surface area contributed by atoms with E-state index in [1.807, 2.05) is 11.8 Å². The van der Waals surface area contributed by atoms with E-state index in [4.69, 9.17) is 4.42 Å². The van der Waals surface area contributed by atoms with Gasteiger partial charge >= 0.3 is 0 Å². The SMILES string of the molecule is Cc1nnc(C2CCN(C(=O)C(C)C3CCCC3)CC2)o1. The zero-order valence-electron chi connectivity index (χ0n) is 13.0. The number of hydrogen-bond acceptors (Lipinski definition) is 4. The van der Waals surface area contributed by atoms with Crippen LogP contribution in [0.2, 0.25) is 0 Å². The van der Waals surface area contributed by atoms with Crippen LogP contribution in [0, 0.1) is 18.8 Å². The first-order chi connectivity index (χ1) is 10.1. The summed E-state index contributed by atoms with van der Waals surface area (Å²) in [6.45, 7) is 5.58. The van der Waals surface area contributed by atoms with Gasteiger partial charge in [0.25, 0.3) is 0 Å². The largest absolute Gasteiger partial charge is 0.425 e. The van der Waals surface area contributed by atoms with Gasteiger partial charge in [-0.2, -0.15) is 0 Å². The molecular formula is C16H25N3O2. The van der Waals surface area contributed by atoms with Gasteiger partial charge in [0.2, 0.25) is 17.7 Å². The van der Waals surface area contributed by atoms with E-state index in [2.05, 4.69) is 17.1 Å². The van der Waals surface area contributed by atoms with Crippen molar-refractivity contribution in [2.75, 3.05) is 13.1 Å². The highest BCUT2D eigenvalue weighted by molar-refractivity contribution is 5.79. The highest BCUT2D eigenvalue weighted by Crippen LogP contribution is 2.34. The number of nitrogens with zero attached hydrogens (tertiary/aromatic N) is 3. The lowest BCUT2D eigenvalue weighted by Gasteiger charge is -2.33. The molecule has 2 heterocycles. The molecule has 0 radical (unpaired) electrons. The van der Waals surface area contributed by atoms with E-state index in [-0.39, 0.29) is 5.92 Å². The van der Waals surface area contributed by atoms with Gasteiger partial charge < -0.3 is 9.32 Å². The molecule has 3 rings (SSSR count). The Bertz CT molecular complexity index is 485. The first-order valence-electron chi connectivity index (χ1n) is 8.24. The quantitative estimate of drug-likeness (QED) is 0.859. The second kappa shape index (κ2) is 6.16. The van der Waals surface area contributed by atoms with Crippen LogP contribution in [0.5, 0.6) is 0 Å². The number of likely N-dealkylation sites (tertiary alicyclic amines) is 1. The van der Waals surface area contributed by atoms with Gasteiger partial charge in [-0.25, -0.2) is 0 Å². The summed E-state index contributed by atoms with van der Waals surface area (Å²) in [4.78, 5) is 14.7. The smallest absolute Gasteiger partial charge is 0.225 e. The molecule has 1 aliphatic heterocycles. The van der Waals surface area contributed by atoms with Crippen molar-refractivity contribution in [1.29, 1.82) is 0 Å². The molecule has 116 valence electrons. The highest BCUT2D eigenvalue weighted by atomic mass is 16.4. The zero-order valence-corrected chi connectivity index (χ0v) is 13.0. The molecule has 1 aliphatic carbocycles. The molecule has 0 N–H and O–H groups in total. The zero-order chi connectivity index (χ0) is 14.8. The summed E-state index contributed by atoms with van der Waals surface area (Å²) < 4.78 is 5.52.